The second-order valence-electron chi connectivity index (χ2n) is 5.13. The number of rotatable bonds is 3. The Labute approximate surface area is 141 Å². The van der Waals surface area contributed by atoms with Gasteiger partial charge in [0, 0.05) is 26.2 Å². The topological polar surface area (TPSA) is 15.3 Å². The molecule has 0 unspecified atom stereocenters. The number of fused-ring (bicyclic) bond motifs is 1. The monoisotopic (exact) mass is 348 g/mol. The molecule has 1 aliphatic heterocycles. The Morgan fingerprint density at radius 1 is 0.909 bits per heavy atom. The van der Waals surface area contributed by atoms with Crippen LogP contribution in [0.2, 0.25) is 0 Å². The summed E-state index contributed by atoms with van der Waals surface area (Å²) in [5.74, 6) is 0. The van der Waals surface area contributed by atoms with E-state index in [-0.39, 0.29) is 24.8 Å². The van der Waals surface area contributed by atoms with Gasteiger partial charge >= 0.3 is 0 Å². The SMILES string of the molecule is Cl.Cl.FC(F)[C@H](c1cccc2ccccc12)N1CCNCC1. The van der Waals surface area contributed by atoms with Crippen LogP contribution >= 0.6 is 24.8 Å². The van der Waals surface area contributed by atoms with Crippen molar-refractivity contribution < 1.29 is 8.78 Å². The molecule has 0 saturated carbocycles. The van der Waals surface area contributed by atoms with Crippen LogP contribution < -0.4 is 5.32 Å². The zero-order valence-electron chi connectivity index (χ0n) is 12.0. The van der Waals surface area contributed by atoms with Gasteiger partial charge in [0.2, 0.25) is 0 Å². The molecule has 2 nitrogen and oxygen atoms in total. The summed E-state index contributed by atoms with van der Waals surface area (Å²) in [5, 5.41) is 5.16. The summed E-state index contributed by atoms with van der Waals surface area (Å²) in [5.41, 5.74) is 0.736. The second kappa shape index (κ2) is 8.63. The lowest BCUT2D eigenvalue weighted by molar-refractivity contribution is 0.0189. The first kappa shape index (κ1) is 19.1. The third-order valence-corrected chi connectivity index (χ3v) is 3.93. The summed E-state index contributed by atoms with van der Waals surface area (Å²) in [6.45, 7) is 2.87. The molecule has 0 bridgehead atoms. The van der Waals surface area contributed by atoms with E-state index in [9.17, 15) is 8.78 Å². The van der Waals surface area contributed by atoms with E-state index < -0.39 is 12.5 Å². The number of benzene rings is 2. The number of nitrogens with zero attached hydrogens (tertiary/aromatic N) is 1. The molecule has 0 amide bonds. The van der Waals surface area contributed by atoms with E-state index in [0.29, 0.717) is 13.1 Å². The third kappa shape index (κ3) is 3.87. The van der Waals surface area contributed by atoms with Crippen LogP contribution in [-0.4, -0.2) is 37.5 Å². The van der Waals surface area contributed by atoms with Gasteiger partial charge in [-0.05, 0) is 16.3 Å². The van der Waals surface area contributed by atoms with Gasteiger partial charge in [-0.15, -0.1) is 24.8 Å². The van der Waals surface area contributed by atoms with E-state index in [4.69, 9.17) is 0 Å². The van der Waals surface area contributed by atoms with Crippen molar-refractivity contribution in [3.8, 4) is 0 Å². The molecule has 1 atom stereocenters. The standard InChI is InChI=1S/C16H18F2N2.2ClH/c17-16(18)15(20-10-8-19-9-11-20)14-7-3-5-12-4-1-2-6-13(12)14;;/h1-7,15-16,19H,8-11H2;2*1H/t15-;;/m0../s1. The van der Waals surface area contributed by atoms with Crippen LogP contribution in [0, 0.1) is 0 Å². The predicted octanol–water partition coefficient (Wildman–Crippen LogP) is 3.89. The molecule has 1 saturated heterocycles. The second-order valence-corrected chi connectivity index (χ2v) is 5.13. The molecule has 3 rings (SSSR count). The lowest BCUT2D eigenvalue weighted by Gasteiger charge is -2.35. The van der Waals surface area contributed by atoms with Crippen molar-refractivity contribution in [3.63, 3.8) is 0 Å². The summed E-state index contributed by atoms with van der Waals surface area (Å²) in [4.78, 5) is 1.89. The molecule has 1 aliphatic rings. The van der Waals surface area contributed by atoms with Crippen molar-refractivity contribution in [1.82, 2.24) is 10.2 Å². The minimum Gasteiger partial charge on any atom is -0.314 e. The van der Waals surface area contributed by atoms with Gasteiger partial charge in [-0.3, -0.25) is 4.90 Å². The summed E-state index contributed by atoms with van der Waals surface area (Å²) in [6.07, 6.45) is -2.38. The van der Waals surface area contributed by atoms with Crippen molar-refractivity contribution in [2.45, 2.75) is 12.5 Å². The van der Waals surface area contributed by atoms with Gasteiger partial charge in [-0.2, -0.15) is 0 Å². The van der Waals surface area contributed by atoms with E-state index >= 15 is 0 Å². The number of nitrogens with one attached hydrogen (secondary N) is 1. The highest BCUT2D eigenvalue weighted by atomic mass is 35.5. The van der Waals surface area contributed by atoms with Crippen molar-refractivity contribution >= 4 is 35.6 Å². The molecule has 1 N–H and O–H groups in total. The van der Waals surface area contributed by atoms with Crippen molar-refractivity contribution in [1.29, 1.82) is 0 Å². The average Bonchev–Trinajstić information content (AvgIpc) is 2.48. The van der Waals surface area contributed by atoms with Crippen LogP contribution in [0.25, 0.3) is 10.8 Å². The fourth-order valence-electron chi connectivity index (χ4n) is 2.96. The molecule has 0 radical (unpaired) electrons. The molecule has 2 aromatic carbocycles. The smallest absolute Gasteiger partial charge is 0.258 e. The van der Waals surface area contributed by atoms with E-state index in [0.717, 1.165) is 29.4 Å². The van der Waals surface area contributed by atoms with Crippen molar-refractivity contribution in [3.05, 3.63) is 48.0 Å². The molecular weight excluding hydrogens is 329 g/mol. The van der Waals surface area contributed by atoms with E-state index in [1.54, 1.807) is 0 Å². The molecule has 1 fully saturated rings. The van der Waals surface area contributed by atoms with Crippen LogP contribution in [-0.2, 0) is 0 Å². The van der Waals surface area contributed by atoms with Crippen LogP contribution in [0.4, 0.5) is 8.78 Å². The molecule has 6 heteroatoms. The highest BCUT2D eigenvalue weighted by Gasteiger charge is 2.31. The highest BCUT2D eigenvalue weighted by Crippen LogP contribution is 2.32. The minimum atomic E-state index is -2.38. The van der Waals surface area contributed by atoms with Crippen molar-refractivity contribution in [2.24, 2.45) is 0 Å². The highest BCUT2D eigenvalue weighted by molar-refractivity contribution is 5.86. The Bertz CT molecular complexity index is 584. The van der Waals surface area contributed by atoms with Gasteiger partial charge in [0.1, 0.15) is 0 Å². The van der Waals surface area contributed by atoms with Gasteiger partial charge in [-0.25, -0.2) is 8.78 Å². The third-order valence-electron chi connectivity index (χ3n) is 3.93. The molecule has 122 valence electrons. The van der Waals surface area contributed by atoms with Crippen LogP contribution in [0.5, 0.6) is 0 Å². The van der Waals surface area contributed by atoms with E-state index in [2.05, 4.69) is 5.32 Å². The Morgan fingerprint density at radius 3 is 2.23 bits per heavy atom. The fraction of sp³-hybridized carbons (Fsp3) is 0.375. The zero-order chi connectivity index (χ0) is 13.9. The molecule has 0 spiro atoms. The maximum absolute atomic E-state index is 13.6. The number of piperazine rings is 1. The molecule has 22 heavy (non-hydrogen) atoms. The maximum Gasteiger partial charge on any atom is 0.258 e. The Kier molecular flexibility index (Phi) is 7.49. The first-order valence-electron chi connectivity index (χ1n) is 6.98. The first-order valence-corrected chi connectivity index (χ1v) is 6.98. The molecule has 0 aliphatic carbocycles. The minimum absolute atomic E-state index is 0. The normalized spacial score (nSPS) is 16.9. The van der Waals surface area contributed by atoms with Gasteiger partial charge in [0.25, 0.3) is 6.43 Å². The summed E-state index contributed by atoms with van der Waals surface area (Å²) >= 11 is 0. The summed E-state index contributed by atoms with van der Waals surface area (Å²) in [7, 11) is 0. The molecule has 2 aromatic rings. The summed E-state index contributed by atoms with van der Waals surface area (Å²) in [6, 6.07) is 12.6. The summed E-state index contributed by atoms with van der Waals surface area (Å²) < 4.78 is 27.3. The van der Waals surface area contributed by atoms with Crippen molar-refractivity contribution in [2.75, 3.05) is 26.2 Å². The number of halogens is 4. The number of hydrogen-bond donors (Lipinski definition) is 1. The predicted molar refractivity (Wildman–Crippen MR) is 91.6 cm³/mol. The molecule has 1 heterocycles. The maximum atomic E-state index is 13.6. The lowest BCUT2D eigenvalue weighted by atomic mass is 9.97. The molecule has 0 aromatic heterocycles. The van der Waals surface area contributed by atoms with Crippen LogP contribution in [0.1, 0.15) is 11.6 Å². The van der Waals surface area contributed by atoms with Gasteiger partial charge in [0.05, 0.1) is 6.04 Å². The van der Waals surface area contributed by atoms with E-state index in [1.165, 1.54) is 0 Å². The number of alkyl halides is 2. The first-order chi connectivity index (χ1) is 9.77. The Morgan fingerprint density at radius 2 is 1.55 bits per heavy atom. The van der Waals surface area contributed by atoms with Gasteiger partial charge in [-0.1, -0.05) is 42.5 Å². The van der Waals surface area contributed by atoms with Gasteiger partial charge in [0.15, 0.2) is 0 Å². The average molecular weight is 349 g/mol. The van der Waals surface area contributed by atoms with Gasteiger partial charge < -0.3 is 5.32 Å². The Balaban J connectivity index is 0.00000121. The lowest BCUT2D eigenvalue weighted by Crippen LogP contribution is -2.46. The number of hydrogen-bond acceptors (Lipinski definition) is 2. The zero-order valence-corrected chi connectivity index (χ0v) is 13.7. The van der Waals surface area contributed by atoms with Crippen LogP contribution in [0.15, 0.2) is 42.5 Å². The van der Waals surface area contributed by atoms with E-state index in [1.807, 2.05) is 47.4 Å². The quantitative estimate of drug-likeness (QED) is 0.904. The Hall–Kier alpha value is -0.940. The fourth-order valence-corrected chi connectivity index (χ4v) is 2.96. The molecular formula is C16H20Cl2F2N2. The largest absolute Gasteiger partial charge is 0.314 e. The van der Waals surface area contributed by atoms with Crippen LogP contribution in [0.3, 0.4) is 0 Å².